The maximum Gasteiger partial charge on any atom is 0.222 e. The van der Waals surface area contributed by atoms with E-state index >= 15 is 0 Å². The van der Waals surface area contributed by atoms with Crippen molar-refractivity contribution in [2.24, 2.45) is 5.73 Å². The minimum atomic E-state index is 0.0811. The van der Waals surface area contributed by atoms with Gasteiger partial charge in [0.15, 0.2) is 0 Å². The minimum absolute atomic E-state index is 0.0811. The number of pyridine rings is 1. The van der Waals surface area contributed by atoms with Gasteiger partial charge in [0.2, 0.25) is 5.88 Å². The maximum absolute atomic E-state index is 5.91. The fraction of sp³-hybridized carbons (Fsp3) is 0.267. The van der Waals surface area contributed by atoms with Crippen LogP contribution in [0.1, 0.15) is 18.1 Å². The zero-order valence-corrected chi connectivity index (χ0v) is 12.6. The summed E-state index contributed by atoms with van der Waals surface area (Å²) in [5.41, 5.74) is 7.94. The molecule has 0 saturated carbocycles. The molecule has 0 spiro atoms. The molecule has 1 atom stereocenters. The second kappa shape index (κ2) is 6.17. The van der Waals surface area contributed by atoms with Gasteiger partial charge in [-0.3, -0.25) is 0 Å². The molecule has 1 aromatic heterocycles. The highest BCUT2D eigenvalue weighted by molar-refractivity contribution is 9.10. The Hall–Kier alpha value is -1.39. The smallest absolute Gasteiger partial charge is 0.222 e. The van der Waals surface area contributed by atoms with Crippen LogP contribution in [-0.2, 0) is 6.42 Å². The van der Waals surface area contributed by atoms with Crippen LogP contribution in [0.15, 0.2) is 41.0 Å². The van der Waals surface area contributed by atoms with Crippen molar-refractivity contribution in [3.05, 3.63) is 52.1 Å². The van der Waals surface area contributed by atoms with E-state index in [1.54, 1.807) is 6.20 Å². The Morgan fingerprint density at radius 2 is 2.16 bits per heavy atom. The van der Waals surface area contributed by atoms with E-state index in [0.29, 0.717) is 5.88 Å². The summed E-state index contributed by atoms with van der Waals surface area (Å²) in [5, 5.41) is 0. The monoisotopic (exact) mass is 320 g/mol. The predicted octanol–water partition coefficient (Wildman–Crippen LogP) is 3.83. The Bertz CT molecular complexity index is 570. The van der Waals surface area contributed by atoms with E-state index in [4.69, 9.17) is 10.5 Å². The van der Waals surface area contributed by atoms with Gasteiger partial charge >= 0.3 is 0 Å². The van der Waals surface area contributed by atoms with Crippen LogP contribution in [0.5, 0.6) is 11.6 Å². The van der Waals surface area contributed by atoms with Crippen molar-refractivity contribution in [2.45, 2.75) is 26.3 Å². The molecule has 0 aliphatic rings. The fourth-order valence-corrected chi connectivity index (χ4v) is 2.33. The van der Waals surface area contributed by atoms with E-state index in [0.717, 1.165) is 27.8 Å². The Balaban J connectivity index is 2.27. The number of aryl methyl sites for hydroxylation is 1. The summed E-state index contributed by atoms with van der Waals surface area (Å²) in [5.74, 6) is 1.44. The van der Waals surface area contributed by atoms with Crippen molar-refractivity contribution in [2.75, 3.05) is 0 Å². The predicted molar refractivity (Wildman–Crippen MR) is 80.5 cm³/mol. The summed E-state index contributed by atoms with van der Waals surface area (Å²) in [6.45, 7) is 3.98. The summed E-state index contributed by atoms with van der Waals surface area (Å²) in [6.07, 6.45) is 2.48. The molecule has 0 bridgehead atoms. The van der Waals surface area contributed by atoms with Crippen molar-refractivity contribution in [3.63, 3.8) is 0 Å². The van der Waals surface area contributed by atoms with E-state index < -0.39 is 0 Å². The first-order chi connectivity index (χ1) is 9.06. The quantitative estimate of drug-likeness (QED) is 0.931. The van der Waals surface area contributed by atoms with Crippen LogP contribution in [0.2, 0.25) is 0 Å². The van der Waals surface area contributed by atoms with E-state index in [2.05, 4.69) is 20.9 Å². The molecule has 1 unspecified atom stereocenters. The van der Waals surface area contributed by atoms with Crippen LogP contribution in [-0.4, -0.2) is 11.0 Å². The van der Waals surface area contributed by atoms with E-state index in [9.17, 15) is 0 Å². The lowest BCUT2D eigenvalue weighted by Gasteiger charge is -2.13. The fourth-order valence-electron chi connectivity index (χ4n) is 1.85. The first-order valence-electron chi connectivity index (χ1n) is 6.19. The number of hydrogen-bond acceptors (Lipinski definition) is 3. The van der Waals surface area contributed by atoms with Gasteiger partial charge in [0.25, 0.3) is 0 Å². The van der Waals surface area contributed by atoms with E-state index in [1.165, 1.54) is 0 Å². The van der Waals surface area contributed by atoms with E-state index in [-0.39, 0.29) is 6.04 Å². The third-order valence-corrected chi connectivity index (χ3v) is 3.23. The molecule has 2 rings (SSSR count). The van der Waals surface area contributed by atoms with E-state index in [1.807, 2.05) is 44.2 Å². The average molecular weight is 321 g/mol. The van der Waals surface area contributed by atoms with Gasteiger partial charge in [-0.2, -0.15) is 0 Å². The SMILES string of the molecule is Cc1cc(Br)ccc1Oc1ncccc1CC(C)N. The van der Waals surface area contributed by atoms with Crippen LogP contribution in [0, 0.1) is 6.92 Å². The number of rotatable bonds is 4. The minimum Gasteiger partial charge on any atom is -0.438 e. The maximum atomic E-state index is 5.91. The second-order valence-electron chi connectivity index (χ2n) is 4.66. The van der Waals surface area contributed by atoms with Gasteiger partial charge in [-0.15, -0.1) is 0 Å². The van der Waals surface area contributed by atoms with Crippen LogP contribution < -0.4 is 10.5 Å². The third-order valence-electron chi connectivity index (χ3n) is 2.74. The molecule has 4 heteroatoms. The molecule has 1 aromatic carbocycles. The van der Waals surface area contributed by atoms with Crippen molar-refractivity contribution in [3.8, 4) is 11.6 Å². The molecule has 2 N–H and O–H groups in total. The van der Waals surface area contributed by atoms with Gasteiger partial charge in [-0.1, -0.05) is 22.0 Å². The number of halogens is 1. The summed E-state index contributed by atoms with van der Waals surface area (Å²) in [7, 11) is 0. The molecular weight excluding hydrogens is 304 g/mol. The second-order valence-corrected chi connectivity index (χ2v) is 5.58. The molecule has 0 amide bonds. The number of aromatic nitrogens is 1. The van der Waals surface area contributed by atoms with Crippen molar-refractivity contribution in [1.82, 2.24) is 4.98 Å². The highest BCUT2D eigenvalue weighted by atomic mass is 79.9. The van der Waals surface area contributed by atoms with Crippen LogP contribution in [0.4, 0.5) is 0 Å². The molecule has 0 aliphatic heterocycles. The zero-order valence-electron chi connectivity index (χ0n) is 11.1. The first-order valence-corrected chi connectivity index (χ1v) is 6.99. The summed E-state index contributed by atoms with van der Waals surface area (Å²) < 4.78 is 6.94. The first kappa shape index (κ1) is 14.0. The van der Waals surface area contributed by atoms with Crippen molar-refractivity contribution in [1.29, 1.82) is 0 Å². The normalized spacial score (nSPS) is 12.2. The van der Waals surface area contributed by atoms with Crippen LogP contribution in [0.25, 0.3) is 0 Å². The average Bonchev–Trinajstić information content (AvgIpc) is 2.34. The molecule has 100 valence electrons. The molecule has 19 heavy (non-hydrogen) atoms. The Morgan fingerprint density at radius 1 is 1.37 bits per heavy atom. The lowest BCUT2D eigenvalue weighted by molar-refractivity contribution is 0.450. The van der Waals surface area contributed by atoms with Gasteiger partial charge < -0.3 is 10.5 Å². The number of ether oxygens (including phenoxy) is 1. The molecule has 0 aliphatic carbocycles. The molecule has 1 heterocycles. The number of nitrogens with zero attached hydrogens (tertiary/aromatic N) is 1. The van der Waals surface area contributed by atoms with Crippen molar-refractivity contribution >= 4 is 15.9 Å². The lowest BCUT2D eigenvalue weighted by atomic mass is 10.1. The Morgan fingerprint density at radius 3 is 2.84 bits per heavy atom. The largest absolute Gasteiger partial charge is 0.438 e. The van der Waals surface area contributed by atoms with Gasteiger partial charge in [0, 0.05) is 22.3 Å². The summed E-state index contributed by atoms with van der Waals surface area (Å²) >= 11 is 3.44. The molecule has 0 saturated heterocycles. The highest BCUT2D eigenvalue weighted by Crippen LogP contribution is 2.28. The topological polar surface area (TPSA) is 48.1 Å². The van der Waals surface area contributed by atoms with Gasteiger partial charge in [-0.25, -0.2) is 4.98 Å². The number of benzene rings is 1. The summed E-state index contributed by atoms with van der Waals surface area (Å²) in [4.78, 5) is 4.30. The van der Waals surface area contributed by atoms with Gasteiger partial charge in [0.1, 0.15) is 5.75 Å². The molecule has 0 radical (unpaired) electrons. The standard InChI is InChI=1S/C15H17BrN2O/c1-10-8-13(16)5-6-14(10)19-15-12(9-11(2)17)4-3-7-18-15/h3-8,11H,9,17H2,1-2H3. The van der Waals surface area contributed by atoms with Crippen LogP contribution >= 0.6 is 15.9 Å². The van der Waals surface area contributed by atoms with Crippen LogP contribution in [0.3, 0.4) is 0 Å². The lowest BCUT2D eigenvalue weighted by Crippen LogP contribution is -2.18. The molecular formula is C15H17BrN2O. The number of nitrogens with two attached hydrogens (primary N) is 1. The third kappa shape index (κ3) is 3.78. The zero-order chi connectivity index (χ0) is 13.8. The van der Waals surface area contributed by atoms with Crippen molar-refractivity contribution < 1.29 is 4.74 Å². The molecule has 3 nitrogen and oxygen atoms in total. The molecule has 2 aromatic rings. The Kier molecular flexibility index (Phi) is 4.56. The highest BCUT2D eigenvalue weighted by Gasteiger charge is 2.09. The Labute approximate surface area is 121 Å². The summed E-state index contributed by atoms with van der Waals surface area (Å²) in [6, 6.07) is 9.89. The number of hydrogen-bond donors (Lipinski definition) is 1. The molecule has 0 fully saturated rings. The van der Waals surface area contributed by atoms with Gasteiger partial charge in [-0.05, 0) is 50.1 Å². The van der Waals surface area contributed by atoms with Gasteiger partial charge in [0.05, 0.1) is 0 Å².